The van der Waals surface area contributed by atoms with E-state index >= 15 is 0 Å². The van der Waals surface area contributed by atoms with E-state index in [1.165, 1.54) is 45.3 Å². The van der Waals surface area contributed by atoms with Crippen molar-refractivity contribution in [2.24, 2.45) is 11.3 Å². The van der Waals surface area contributed by atoms with Crippen LogP contribution in [-0.2, 0) is 11.0 Å². The fourth-order valence-corrected chi connectivity index (χ4v) is 4.80. The molecule has 112 valence electrons. The zero-order valence-electron chi connectivity index (χ0n) is 12.9. The average Bonchev–Trinajstić information content (AvgIpc) is 2.33. The summed E-state index contributed by atoms with van der Waals surface area (Å²) in [6.45, 7) is 12.5. The van der Waals surface area contributed by atoms with Crippen LogP contribution in [0.1, 0.15) is 46.5 Å². The Labute approximate surface area is 121 Å². The molecule has 1 unspecified atom stereocenters. The van der Waals surface area contributed by atoms with Gasteiger partial charge in [0.25, 0.3) is 0 Å². The SMILES string of the molecule is CCCCN1CCC2(CC1)CN(S(=O)CC(C)C)C2. The van der Waals surface area contributed by atoms with Gasteiger partial charge >= 0.3 is 0 Å². The van der Waals surface area contributed by atoms with Gasteiger partial charge in [-0.25, -0.2) is 8.51 Å². The third-order valence-corrected chi connectivity index (χ3v) is 6.32. The summed E-state index contributed by atoms with van der Waals surface area (Å²) in [5, 5.41) is 0. The summed E-state index contributed by atoms with van der Waals surface area (Å²) in [5.41, 5.74) is 0.509. The molecule has 1 spiro atoms. The molecule has 2 aliphatic rings. The molecule has 0 N–H and O–H groups in total. The lowest BCUT2D eigenvalue weighted by Gasteiger charge is -2.53. The summed E-state index contributed by atoms with van der Waals surface area (Å²) in [7, 11) is -0.730. The first-order valence-corrected chi connectivity index (χ1v) is 9.18. The van der Waals surface area contributed by atoms with Crippen LogP contribution in [0, 0.1) is 11.3 Å². The molecule has 0 bridgehead atoms. The Balaban J connectivity index is 1.70. The van der Waals surface area contributed by atoms with Gasteiger partial charge in [-0.2, -0.15) is 0 Å². The van der Waals surface area contributed by atoms with Gasteiger partial charge in [-0.15, -0.1) is 0 Å². The van der Waals surface area contributed by atoms with Crippen molar-refractivity contribution in [3.63, 3.8) is 0 Å². The van der Waals surface area contributed by atoms with Gasteiger partial charge in [0.15, 0.2) is 0 Å². The number of nitrogens with zero attached hydrogens (tertiary/aromatic N) is 2. The van der Waals surface area contributed by atoms with Crippen LogP contribution in [0.3, 0.4) is 0 Å². The number of likely N-dealkylation sites (tertiary alicyclic amines) is 1. The zero-order chi connectivity index (χ0) is 13.9. The average molecular weight is 286 g/mol. The molecule has 2 heterocycles. The molecule has 0 aromatic heterocycles. The topological polar surface area (TPSA) is 23.6 Å². The van der Waals surface area contributed by atoms with E-state index in [0.717, 1.165) is 18.8 Å². The molecule has 0 aromatic carbocycles. The Morgan fingerprint density at radius 3 is 2.37 bits per heavy atom. The van der Waals surface area contributed by atoms with E-state index in [1.54, 1.807) is 0 Å². The maximum absolute atomic E-state index is 12.1. The van der Waals surface area contributed by atoms with Gasteiger partial charge in [0.1, 0.15) is 0 Å². The van der Waals surface area contributed by atoms with Crippen molar-refractivity contribution in [2.75, 3.05) is 38.5 Å². The molecule has 0 aromatic rings. The number of rotatable bonds is 6. The second-order valence-corrected chi connectivity index (χ2v) is 8.37. The minimum atomic E-state index is -0.730. The number of hydrogen-bond donors (Lipinski definition) is 0. The fraction of sp³-hybridized carbons (Fsp3) is 1.00. The zero-order valence-corrected chi connectivity index (χ0v) is 13.7. The monoisotopic (exact) mass is 286 g/mol. The van der Waals surface area contributed by atoms with Crippen molar-refractivity contribution < 1.29 is 4.21 Å². The molecule has 2 fully saturated rings. The predicted octanol–water partition coefficient (Wildman–Crippen LogP) is 2.50. The van der Waals surface area contributed by atoms with Gasteiger partial charge in [-0.05, 0) is 44.8 Å². The highest BCUT2D eigenvalue weighted by atomic mass is 32.2. The van der Waals surface area contributed by atoms with Crippen LogP contribution in [-0.4, -0.2) is 51.9 Å². The van der Waals surface area contributed by atoms with E-state index in [2.05, 4.69) is 30.0 Å². The van der Waals surface area contributed by atoms with Gasteiger partial charge in [0.05, 0.1) is 11.0 Å². The van der Waals surface area contributed by atoms with E-state index < -0.39 is 11.0 Å². The molecule has 1 atom stereocenters. The highest BCUT2D eigenvalue weighted by molar-refractivity contribution is 7.82. The van der Waals surface area contributed by atoms with Crippen molar-refractivity contribution in [3.8, 4) is 0 Å². The van der Waals surface area contributed by atoms with Gasteiger partial charge in [0.2, 0.25) is 0 Å². The highest BCUT2D eigenvalue weighted by Crippen LogP contribution is 2.41. The Hall–Kier alpha value is 0.0700. The Morgan fingerprint density at radius 2 is 1.84 bits per heavy atom. The normalized spacial score (nSPS) is 25.7. The molecular weight excluding hydrogens is 256 g/mol. The third-order valence-electron chi connectivity index (χ3n) is 4.53. The van der Waals surface area contributed by atoms with Crippen molar-refractivity contribution in [1.29, 1.82) is 0 Å². The summed E-state index contributed by atoms with van der Waals surface area (Å²) in [4.78, 5) is 2.61. The molecule has 19 heavy (non-hydrogen) atoms. The van der Waals surface area contributed by atoms with Crippen molar-refractivity contribution in [2.45, 2.75) is 46.5 Å². The molecule has 4 heteroatoms. The lowest BCUT2D eigenvalue weighted by atomic mass is 9.73. The first-order valence-electron chi connectivity index (χ1n) is 7.90. The van der Waals surface area contributed by atoms with Crippen LogP contribution in [0.2, 0.25) is 0 Å². The van der Waals surface area contributed by atoms with Crippen molar-refractivity contribution in [3.05, 3.63) is 0 Å². The summed E-state index contributed by atoms with van der Waals surface area (Å²) >= 11 is 0. The van der Waals surface area contributed by atoms with Gasteiger partial charge < -0.3 is 4.90 Å². The standard InChI is InChI=1S/C15H30N2OS/c1-4-5-8-16-9-6-15(7-10-16)12-17(13-15)19(18)11-14(2)3/h14H,4-13H2,1-3H3. The summed E-state index contributed by atoms with van der Waals surface area (Å²) in [6, 6.07) is 0. The molecule has 0 amide bonds. The summed E-state index contributed by atoms with van der Waals surface area (Å²) < 4.78 is 14.3. The molecule has 2 aliphatic heterocycles. The molecule has 3 nitrogen and oxygen atoms in total. The summed E-state index contributed by atoms with van der Waals surface area (Å²) in [6.07, 6.45) is 5.25. The second kappa shape index (κ2) is 6.68. The molecule has 0 radical (unpaired) electrons. The van der Waals surface area contributed by atoms with Crippen LogP contribution in [0.5, 0.6) is 0 Å². The van der Waals surface area contributed by atoms with E-state index in [0.29, 0.717) is 11.3 Å². The van der Waals surface area contributed by atoms with E-state index in [4.69, 9.17) is 0 Å². The lowest BCUT2D eigenvalue weighted by molar-refractivity contribution is 0.00319. The maximum Gasteiger partial charge on any atom is 0.0945 e. The Bertz CT molecular complexity index is 303. The number of hydrogen-bond acceptors (Lipinski definition) is 2. The molecule has 0 aliphatic carbocycles. The van der Waals surface area contributed by atoms with E-state index in [9.17, 15) is 4.21 Å². The van der Waals surface area contributed by atoms with Crippen molar-refractivity contribution >= 4 is 11.0 Å². The quantitative estimate of drug-likeness (QED) is 0.749. The smallest absolute Gasteiger partial charge is 0.0945 e. The van der Waals surface area contributed by atoms with Crippen LogP contribution < -0.4 is 0 Å². The third kappa shape index (κ3) is 4.02. The van der Waals surface area contributed by atoms with Gasteiger partial charge in [-0.1, -0.05) is 27.2 Å². The lowest BCUT2D eigenvalue weighted by Crippen LogP contribution is -2.60. The fourth-order valence-electron chi connectivity index (χ4n) is 3.19. The first kappa shape index (κ1) is 15.5. The molecular formula is C15H30N2OS. The molecule has 2 rings (SSSR count). The molecule has 2 saturated heterocycles. The van der Waals surface area contributed by atoms with E-state index in [1.807, 2.05) is 0 Å². The van der Waals surface area contributed by atoms with Crippen molar-refractivity contribution in [1.82, 2.24) is 9.21 Å². The largest absolute Gasteiger partial charge is 0.303 e. The predicted molar refractivity (Wildman–Crippen MR) is 82.4 cm³/mol. The van der Waals surface area contributed by atoms with Crippen LogP contribution in [0.4, 0.5) is 0 Å². The van der Waals surface area contributed by atoms with Crippen LogP contribution in [0.15, 0.2) is 0 Å². The Morgan fingerprint density at radius 1 is 1.21 bits per heavy atom. The van der Waals surface area contributed by atoms with Gasteiger partial charge in [0, 0.05) is 24.3 Å². The highest BCUT2D eigenvalue weighted by Gasteiger charge is 2.46. The van der Waals surface area contributed by atoms with Crippen LogP contribution in [0.25, 0.3) is 0 Å². The van der Waals surface area contributed by atoms with Gasteiger partial charge in [-0.3, -0.25) is 0 Å². The summed E-state index contributed by atoms with van der Waals surface area (Å²) in [5.74, 6) is 1.37. The van der Waals surface area contributed by atoms with E-state index in [-0.39, 0.29) is 0 Å². The minimum absolute atomic E-state index is 0.509. The number of piperidine rings is 1. The second-order valence-electron chi connectivity index (χ2n) is 6.88. The van der Waals surface area contributed by atoms with Crippen LogP contribution >= 0.6 is 0 Å². The minimum Gasteiger partial charge on any atom is -0.303 e. The number of unbranched alkanes of at least 4 members (excludes halogenated alkanes) is 1. The maximum atomic E-state index is 12.1. The Kier molecular flexibility index (Phi) is 5.44. The molecule has 0 saturated carbocycles. The first-order chi connectivity index (χ1) is 9.04.